The number of benzene rings is 3. The number of nitrogens with one attached hydrogen (secondary N) is 1. The molecule has 10 heteroatoms. The van der Waals surface area contributed by atoms with Crippen molar-refractivity contribution >= 4 is 28.4 Å². The lowest BCUT2D eigenvalue weighted by atomic mass is 10.0. The Labute approximate surface area is 196 Å². The fourth-order valence-corrected chi connectivity index (χ4v) is 3.62. The van der Waals surface area contributed by atoms with E-state index in [2.05, 4.69) is 5.10 Å². The molecule has 0 spiro atoms. The van der Waals surface area contributed by atoms with Crippen molar-refractivity contribution < 1.29 is 27.1 Å². The lowest BCUT2D eigenvalue weighted by Crippen LogP contribution is -2.45. The minimum Gasteiger partial charge on any atom is -0.484 e. The number of amides is 1. The number of ether oxygens (including phenoxy) is 1. The van der Waals surface area contributed by atoms with E-state index < -0.39 is 24.2 Å². The van der Waals surface area contributed by atoms with Crippen molar-refractivity contribution in [2.75, 3.05) is 0 Å². The van der Waals surface area contributed by atoms with Gasteiger partial charge in [0, 0.05) is 10.4 Å². The predicted octanol–water partition coefficient (Wildman–Crippen LogP) is 6.01. The molecule has 0 fully saturated rings. The van der Waals surface area contributed by atoms with Crippen molar-refractivity contribution in [1.82, 2.24) is 15.1 Å². The number of halogens is 5. The van der Waals surface area contributed by atoms with Crippen LogP contribution in [0.15, 0.2) is 72.9 Å². The molecule has 2 atom stereocenters. The zero-order valence-corrected chi connectivity index (χ0v) is 18.4. The molecule has 2 unspecified atom stereocenters. The van der Waals surface area contributed by atoms with E-state index in [0.717, 1.165) is 5.52 Å². The fourth-order valence-electron chi connectivity index (χ4n) is 3.49. The monoisotopic (exact) mass is 491 g/mol. The normalized spacial score (nSPS) is 13.5. The van der Waals surface area contributed by atoms with Crippen molar-refractivity contribution in [1.29, 1.82) is 0 Å². The van der Waals surface area contributed by atoms with Crippen LogP contribution in [0.3, 0.4) is 0 Å². The molecule has 1 amide bonds. The van der Waals surface area contributed by atoms with Gasteiger partial charge in [0.2, 0.25) is 0 Å². The summed E-state index contributed by atoms with van der Waals surface area (Å²) in [4.78, 5) is 11.5. The van der Waals surface area contributed by atoms with Gasteiger partial charge in [0.1, 0.15) is 17.7 Å². The third kappa shape index (κ3) is 5.14. The molecule has 0 aliphatic heterocycles. The lowest BCUT2D eigenvalue weighted by Gasteiger charge is -2.27. The quantitative estimate of drug-likeness (QED) is 0.336. The van der Waals surface area contributed by atoms with Gasteiger partial charge in [-0.25, -0.2) is 9.07 Å². The SMILES string of the molecule is CC(NC(=O)C(F)(F)F)C(Oc1ccc2c(cnn2-c2ccc(F)cc2)c1)c1ccc(Cl)cc1. The Morgan fingerprint density at radius 3 is 2.38 bits per heavy atom. The van der Waals surface area contributed by atoms with E-state index in [4.69, 9.17) is 16.3 Å². The van der Waals surface area contributed by atoms with Crippen LogP contribution >= 0.6 is 11.6 Å². The molecule has 3 aromatic carbocycles. The summed E-state index contributed by atoms with van der Waals surface area (Å²) in [7, 11) is 0. The van der Waals surface area contributed by atoms with Crippen LogP contribution in [0.2, 0.25) is 5.02 Å². The Bertz CT molecular complexity index is 1300. The van der Waals surface area contributed by atoms with Crippen LogP contribution < -0.4 is 10.1 Å². The molecule has 0 aliphatic rings. The predicted molar refractivity (Wildman–Crippen MR) is 120 cm³/mol. The Morgan fingerprint density at radius 2 is 1.74 bits per heavy atom. The molecule has 1 N–H and O–H groups in total. The van der Waals surface area contributed by atoms with Gasteiger partial charge in [-0.05, 0) is 67.1 Å². The second kappa shape index (κ2) is 9.34. The van der Waals surface area contributed by atoms with Crippen LogP contribution in [0.4, 0.5) is 17.6 Å². The molecule has 4 rings (SSSR count). The summed E-state index contributed by atoms with van der Waals surface area (Å²) in [6.07, 6.45) is -4.36. The molecule has 1 heterocycles. The molecule has 0 bridgehead atoms. The van der Waals surface area contributed by atoms with E-state index in [0.29, 0.717) is 27.4 Å². The Balaban J connectivity index is 1.63. The van der Waals surface area contributed by atoms with Gasteiger partial charge in [0.05, 0.1) is 23.4 Å². The van der Waals surface area contributed by atoms with Crippen molar-refractivity contribution in [3.63, 3.8) is 0 Å². The molecule has 1 aromatic heterocycles. The Kier molecular flexibility index (Phi) is 6.47. The molecule has 176 valence electrons. The first-order chi connectivity index (χ1) is 16.1. The maximum absolute atomic E-state index is 13.2. The number of alkyl halides is 3. The van der Waals surface area contributed by atoms with E-state index in [1.165, 1.54) is 19.1 Å². The molecule has 5 nitrogen and oxygen atoms in total. The van der Waals surface area contributed by atoms with Crippen LogP contribution in [0.25, 0.3) is 16.6 Å². The van der Waals surface area contributed by atoms with Crippen LogP contribution in [0.1, 0.15) is 18.6 Å². The summed E-state index contributed by atoms with van der Waals surface area (Å²) in [5, 5.41) is 7.42. The van der Waals surface area contributed by atoms with Crippen molar-refractivity contribution in [2.24, 2.45) is 0 Å². The first-order valence-electron chi connectivity index (χ1n) is 10.2. The van der Waals surface area contributed by atoms with Gasteiger partial charge in [0.15, 0.2) is 0 Å². The Morgan fingerprint density at radius 1 is 1.06 bits per heavy atom. The second-order valence-corrected chi connectivity index (χ2v) is 8.04. The van der Waals surface area contributed by atoms with Gasteiger partial charge in [-0.15, -0.1) is 0 Å². The maximum atomic E-state index is 13.2. The van der Waals surface area contributed by atoms with E-state index in [1.54, 1.807) is 65.5 Å². The third-order valence-corrected chi connectivity index (χ3v) is 5.39. The highest BCUT2D eigenvalue weighted by atomic mass is 35.5. The summed E-state index contributed by atoms with van der Waals surface area (Å²) < 4.78 is 59.3. The molecule has 0 radical (unpaired) electrons. The zero-order chi connectivity index (χ0) is 24.5. The first-order valence-corrected chi connectivity index (χ1v) is 10.5. The van der Waals surface area contributed by atoms with Crippen LogP contribution in [0, 0.1) is 5.82 Å². The van der Waals surface area contributed by atoms with Crippen molar-refractivity contribution in [2.45, 2.75) is 25.2 Å². The molecular formula is C24H18ClF4N3O2. The van der Waals surface area contributed by atoms with Gasteiger partial charge in [-0.2, -0.15) is 18.3 Å². The van der Waals surface area contributed by atoms with Crippen molar-refractivity contribution in [3.8, 4) is 11.4 Å². The average Bonchev–Trinajstić information content (AvgIpc) is 3.21. The van der Waals surface area contributed by atoms with Crippen LogP contribution in [-0.2, 0) is 4.79 Å². The van der Waals surface area contributed by atoms with Crippen LogP contribution in [-0.4, -0.2) is 27.9 Å². The topological polar surface area (TPSA) is 56.1 Å². The van der Waals surface area contributed by atoms with E-state index in [-0.39, 0.29) is 5.82 Å². The van der Waals surface area contributed by atoms with Gasteiger partial charge in [-0.3, -0.25) is 4.79 Å². The fraction of sp³-hybridized carbons (Fsp3) is 0.167. The lowest BCUT2D eigenvalue weighted by molar-refractivity contribution is -0.174. The number of nitrogens with zero attached hydrogens (tertiary/aromatic N) is 2. The summed E-state index contributed by atoms with van der Waals surface area (Å²) in [5.74, 6) is -2.06. The van der Waals surface area contributed by atoms with E-state index in [1.807, 2.05) is 5.32 Å². The van der Waals surface area contributed by atoms with Gasteiger partial charge < -0.3 is 10.1 Å². The number of carbonyl (C=O) groups excluding carboxylic acids is 1. The molecule has 34 heavy (non-hydrogen) atoms. The summed E-state index contributed by atoms with van der Waals surface area (Å²) in [6, 6.07) is 16.3. The number of carbonyl (C=O) groups is 1. The minimum atomic E-state index is -5.02. The summed E-state index contributed by atoms with van der Waals surface area (Å²) in [6.45, 7) is 1.42. The third-order valence-electron chi connectivity index (χ3n) is 5.14. The largest absolute Gasteiger partial charge is 0.484 e. The molecule has 0 aliphatic carbocycles. The maximum Gasteiger partial charge on any atom is 0.471 e. The standard InChI is InChI=1S/C24H18ClF4N3O2/c1-14(31-23(33)24(27,28)29)22(15-2-4-17(25)5-3-15)34-20-10-11-21-16(12-20)13-30-32(21)19-8-6-18(26)7-9-19/h2-14,22H,1H3,(H,31,33). The highest BCUT2D eigenvalue weighted by Gasteiger charge is 2.40. The van der Waals surface area contributed by atoms with Crippen LogP contribution in [0.5, 0.6) is 5.75 Å². The van der Waals surface area contributed by atoms with Gasteiger partial charge in [-0.1, -0.05) is 23.7 Å². The molecule has 0 saturated heterocycles. The number of fused-ring (bicyclic) bond motifs is 1. The Hall–Kier alpha value is -3.59. The highest BCUT2D eigenvalue weighted by molar-refractivity contribution is 6.30. The smallest absolute Gasteiger partial charge is 0.471 e. The zero-order valence-electron chi connectivity index (χ0n) is 17.7. The van der Waals surface area contributed by atoms with Gasteiger partial charge in [0.25, 0.3) is 0 Å². The second-order valence-electron chi connectivity index (χ2n) is 7.60. The number of rotatable bonds is 6. The summed E-state index contributed by atoms with van der Waals surface area (Å²) in [5.41, 5.74) is 1.91. The highest BCUT2D eigenvalue weighted by Crippen LogP contribution is 2.30. The number of aromatic nitrogens is 2. The molecular weight excluding hydrogens is 474 g/mol. The first kappa shape index (κ1) is 23.6. The summed E-state index contributed by atoms with van der Waals surface area (Å²) >= 11 is 5.94. The van der Waals surface area contributed by atoms with Gasteiger partial charge >= 0.3 is 12.1 Å². The number of hydrogen-bond acceptors (Lipinski definition) is 3. The van der Waals surface area contributed by atoms with E-state index >= 15 is 0 Å². The molecule has 0 saturated carbocycles. The van der Waals surface area contributed by atoms with E-state index in [9.17, 15) is 22.4 Å². The average molecular weight is 492 g/mol. The number of hydrogen-bond donors (Lipinski definition) is 1. The minimum absolute atomic E-state index is 0.360. The molecule has 4 aromatic rings. The van der Waals surface area contributed by atoms with Crippen molar-refractivity contribution in [3.05, 3.63) is 89.3 Å².